The highest BCUT2D eigenvalue weighted by Crippen LogP contribution is 2.34. The molecular weight excluding hydrogens is 276 g/mol. The van der Waals surface area contributed by atoms with E-state index >= 15 is 0 Å². The van der Waals surface area contributed by atoms with Crippen molar-refractivity contribution in [2.45, 2.75) is 32.2 Å². The lowest BCUT2D eigenvalue weighted by Crippen LogP contribution is -2.35. The lowest BCUT2D eigenvalue weighted by atomic mass is 9.93. The molecule has 1 aliphatic heterocycles. The number of benzene rings is 1. The van der Waals surface area contributed by atoms with Crippen LogP contribution < -0.4 is 5.73 Å². The molecule has 1 aromatic carbocycles. The molecule has 0 radical (unpaired) electrons. The van der Waals surface area contributed by atoms with Gasteiger partial charge in [0.05, 0.1) is 0 Å². The lowest BCUT2D eigenvalue weighted by molar-refractivity contribution is 0.0740. The summed E-state index contributed by atoms with van der Waals surface area (Å²) in [5.41, 5.74) is 8.62. The molecule has 2 heterocycles. The molecular formula is C17H20N4O. The Labute approximate surface area is 130 Å². The van der Waals surface area contributed by atoms with Crippen LogP contribution in [0, 0.1) is 6.92 Å². The van der Waals surface area contributed by atoms with Crippen molar-refractivity contribution in [1.29, 1.82) is 0 Å². The van der Waals surface area contributed by atoms with E-state index in [4.69, 9.17) is 5.73 Å². The highest BCUT2D eigenvalue weighted by atomic mass is 16.2. The van der Waals surface area contributed by atoms with Gasteiger partial charge in [0.25, 0.3) is 5.91 Å². The fourth-order valence-electron chi connectivity index (χ4n) is 3.23. The van der Waals surface area contributed by atoms with Crippen molar-refractivity contribution in [2.24, 2.45) is 0 Å². The molecule has 1 aliphatic rings. The first-order chi connectivity index (χ1) is 10.6. The number of nitrogens with zero attached hydrogens (tertiary/aromatic N) is 3. The average Bonchev–Trinajstić information content (AvgIpc) is 2.89. The molecule has 114 valence electrons. The summed E-state index contributed by atoms with van der Waals surface area (Å²) >= 11 is 0. The number of rotatable bonds is 2. The molecule has 22 heavy (non-hydrogen) atoms. The average molecular weight is 296 g/mol. The fourth-order valence-corrected chi connectivity index (χ4v) is 3.23. The Morgan fingerprint density at radius 2 is 2.00 bits per heavy atom. The minimum atomic E-state index is -0.130. The van der Waals surface area contributed by atoms with E-state index in [1.807, 2.05) is 11.0 Å². The van der Waals surface area contributed by atoms with Crippen molar-refractivity contribution in [3.63, 3.8) is 0 Å². The second kappa shape index (κ2) is 5.75. The number of carbonyl (C=O) groups excluding carboxylic acids is 1. The van der Waals surface area contributed by atoms with Gasteiger partial charge in [-0.3, -0.25) is 4.79 Å². The summed E-state index contributed by atoms with van der Waals surface area (Å²) in [6.07, 6.45) is 3.95. The number of carbonyl (C=O) groups is 1. The molecule has 1 aromatic heterocycles. The Bertz CT molecular complexity index is 701. The largest absolute Gasteiger partial charge is 0.382 e. The zero-order chi connectivity index (χ0) is 15.7. The Morgan fingerprint density at radius 1 is 1.27 bits per heavy atom. The number of nitrogen functional groups attached to an aromatic ring is 1. The van der Waals surface area contributed by atoms with Gasteiger partial charge in [-0.05, 0) is 31.4 Å². The predicted molar refractivity (Wildman–Crippen MR) is 85.5 cm³/mol. The van der Waals surface area contributed by atoms with Gasteiger partial charge in [0.2, 0.25) is 0 Å². The number of hydrogen-bond donors (Lipinski definition) is 1. The monoisotopic (exact) mass is 296 g/mol. The highest BCUT2D eigenvalue weighted by Gasteiger charge is 2.35. The van der Waals surface area contributed by atoms with Gasteiger partial charge in [0, 0.05) is 30.9 Å². The van der Waals surface area contributed by atoms with Crippen LogP contribution in [0.4, 0.5) is 5.82 Å². The summed E-state index contributed by atoms with van der Waals surface area (Å²) in [4.78, 5) is 22.6. The first-order valence-corrected chi connectivity index (χ1v) is 7.51. The minimum Gasteiger partial charge on any atom is -0.382 e. The first-order valence-electron chi connectivity index (χ1n) is 7.51. The van der Waals surface area contributed by atoms with Crippen LogP contribution in [-0.2, 0) is 0 Å². The van der Waals surface area contributed by atoms with Crippen LogP contribution in [0.2, 0.25) is 0 Å². The van der Waals surface area contributed by atoms with Gasteiger partial charge >= 0.3 is 0 Å². The molecule has 0 aliphatic carbocycles. The molecule has 5 heteroatoms. The second-order valence-electron chi connectivity index (χ2n) is 5.89. The smallest absolute Gasteiger partial charge is 0.276 e. The second-order valence-corrected chi connectivity index (χ2v) is 5.89. The molecule has 2 unspecified atom stereocenters. The summed E-state index contributed by atoms with van der Waals surface area (Å²) in [7, 11) is 0. The van der Waals surface area contributed by atoms with E-state index in [1.54, 1.807) is 0 Å². The molecule has 2 atom stereocenters. The molecule has 2 N–H and O–H groups in total. The van der Waals surface area contributed by atoms with Gasteiger partial charge in [-0.2, -0.15) is 0 Å². The van der Waals surface area contributed by atoms with Crippen LogP contribution in [0.1, 0.15) is 40.9 Å². The summed E-state index contributed by atoms with van der Waals surface area (Å²) in [6.45, 7) is 4.88. The number of anilines is 1. The number of aryl methyl sites for hydroxylation is 1. The normalized spacial score (nSPS) is 21.1. The van der Waals surface area contributed by atoms with Crippen LogP contribution in [-0.4, -0.2) is 33.4 Å². The quantitative estimate of drug-likeness (QED) is 0.923. The summed E-state index contributed by atoms with van der Waals surface area (Å²) in [5.74, 6) is 0.422. The van der Waals surface area contributed by atoms with Gasteiger partial charge < -0.3 is 10.6 Å². The van der Waals surface area contributed by atoms with Crippen LogP contribution >= 0.6 is 0 Å². The van der Waals surface area contributed by atoms with Crippen LogP contribution in [0.25, 0.3) is 0 Å². The van der Waals surface area contributed by atoms with Crippen LogP contribution in [0.5, 0.6) is 0 Å². The van der Waals surface area contributed by atoms with E-state index in [2.05, 4.69) is 42.0 Å². The Kier molecular flexibility index (Phi) is 3.79. The standard InChI is InChI=1S/C17H20N4O/c1-11-5-3-4-6-14(11)13-9-12(2)21(10-13)17(22)15-16(18)20-8-7-19-15/h3-8,12-13H,9-10H2,1-2H3,(H2,18,20). The molecule has 0 bridgehead atoms. The molecule has 1 fully saturated rings. The number of amides is 1. The molecule has 1 amide bonds. The zero-order valence-corrected chi connectivity index (χ0v) is 12.9. The molecule has 2 aromatic rings. The van der Waals surface area contributed by atoms with Gasteiger partial charge in [-0.25, -0.2) is 9.97 Å². The summed E-state index contributed by atoms with van der Waals surface area (Å²) in [6, 6.07) is 8.53. The van der Waals surface area contributed by atoms with Gasteiger partial charge in [0.15, 0.2) is 11.5 Å². The number of nitrogens with two attached hydrogens (primary N) is 1. The number of hydrogen-bond acceptors (Lipinski definition) is 4. The third-order valence-electron chi connectivity index (χ3n) is 4.39. The van der Waals surface area contributed by atoms with Crippen molar-refractivity contribution in [3.05, 3.63) is 53.5 Å². The maximum atomic E-state index is 12.7. The molecule has 0 saturated carbocycles. The summed E-state index contributed by atoms with van der Waals surface area (Å²) < 4.78 is 0. The van der Waals surface area contributed by atoms with Gasteiger partial charge in [0.1, 0.15) is 0 Å². The topological polar surface area (TPSA) is 72.1 Å². The number of likely N-dealkylation sites (tertiary alicyclic amines) is 1. The third-order valence-corrected chi connectivity index (χ3v) is 4.39. The Balaban J connectivity index is 1.84. The van der Waals surface area contributed by atoms with Crippen molar-refractivity contribution in [3.8, 4) is 0 Å². The van der Waals surface area contributed by atoms with Crippen molar-refractivity contribution in [1.82, 2.24) is 14.9 Å². The molecule has 3 rings (SSSR count). The van der Waals surface area contributed by atoms with Crippen LogP contribution in [0.15, 0.2) is 36.7 Å². The van der Waals surface area contributed by atoms with Crippen molar-refractivity contribution >= 4 is 11.7 Å². The number of aromatic nitrogens is 2. The third kappa shape index (κ3) is 2.54. The Hall–Kier alpha value is -2.43. The summed E-state index contributed by atoms with van der Waals surface area (Å²) in [5, 5.41) is 0. The van der Waals surface area contributed by atoms with E-state index < -0.39 is 0 Å². The van der Waals surface area contributed by atoms with E-state index in [0.717, 1.165) is 6.42 Å². The van der Waals surface area contributed by atoms with E-state index in [9.17, 15) is 4.79 Å². The lowest BCUT2D eigenvalue weighted by Gasteiger charge is -2.21. The maximum Gasteiger partial charge on any atom is 0.276 e. The van der Waals surface area contributed by atoms with E-state index in [0.29, 0.717) is 12.5 Å². The molecule has 0 spiro atoms. The Morgan fingerprint density at radius 3 is 2.73 bits per heavy atom. The van der Waals surface area contributed by atoms with E-state index in [-0.39, 0.29) is 23.5 Å². The van der Waals surface area contributed by atoms with Crippen molar-refractivity contribution < 1.29 is 4.79 Å². The van der Waals surface area contributed by atoms with Crippen molar-refractivity contribution in [2.75, 3.05) is 12.3 Å². The molecule has 5 nitrogen and oxygen atoms in total. The highest BCUT2D eigenvalue weighted by molar-refractivity contribution is 5.96. The maximum absolute atomic E-state index is 12.7. The zero-order valence-electron chi connectivity index (χ0n) is 12.9. The fraction of sp³-hybridized carbons (Fsp3) is 0.353. The van der Waals surface area contributed by atoms with E-state index in [1.165, 1.54) is 23.5 Å². The van der Waals surface area contributed by atoms with Gasteiger partial charge in [-0.15, -0.1) is 0 Å². The first kappa shape index (κ1) is 14.5. The predicted octanol–water partition coefficient (Wildman–Crippen LogP) is 2.39. The molecule has 1 saturated heterocycles. The SMILES string of the molecule is Cc1ccccc1C1CC(C)N(C(=O)c2nccnc2N)C1. The van der Waals surface area contributed by atoms with Crippen LogP contribution in [0.3, 0.4) is 0 Å². The van der Waals surface area contributed by atoms with Gasteiger partial charge in [-0.1, -0.05) is 24.3 Å². The minimum absolute atomic E-state index is 0.130.